The van der Waals surface area contributed by atoms with Crippen molar-refractivity contribution >= 4 is 45.6 Å². The van der Waals surface area contributed by atoms with Gasteiger partial charge in [-0.25, -0.2) is 0 Å². The second kappa shape index (κ2) is 6.31. The number of benzene rings is 1. The van der Waals surface area contributed by atoms with Gasteiger partial charge in [0.2, 0.25) is 5.13 Å². The summed E-state index contributed by atoms with van der Waals surface area (Å²) in [6, 6.07) is 6.73. The van der Waals surface area contributed by atoms with Crippen molar-refractivity contribution in [3.05, 3.63) is 50.6 Å². The Morgan fingerprint density at radius 1 is 1.13 bits per heavy atom. The van der Waals surface area contributed by atoms with E-state index in [0.29, 0.717) is 37.8 Å². The first-order chi connectivity index (χ1) is 10.9. The number of anilines is 1. The third kappa shape index (κ3) is 3.55. The van der Waals surface area contributed by atoms with Gasteiger partial charge >= 0.3 is 0 Å². The third-order valence-electron chi connectivity index (χ3n) is 3.06. The van der Waals surface area contributed by atoms with Crippen LogP contribution < -0.4 is 5.32 Å². The van der Waals surface area contributed by atoms with Crippen LogP contribution in [0.15, 0.2) is 28.7 Å². The Morgan fingerprint density at radius 2 is 1.83 bits per heavy atom. The molecule has 1 amide bonds. The molecule has 23 heavy (non-hydrogen) atoms. The minimum absolute atomic E-state index is 0.304. The molecule has 0 aliphatic heterocycles. The highest BCUT2D eigenvalue weighted by Crippen LogP contribution is 2.30. The zero-order valence-corrected chi connectivity index (χ0v) is 14.5. The zero-order valence-electron chi connectivity index (χ0n) is 12.2. The molecule has 0 aliphatic rings. The van der Waals surface area contributed by atoms with Crippen LogP contribution in [0, 0.1) is 13.8 Å². The van der Waals surface area contributed by atoms with Crippen LogP contribution in [-0.4, -0.2) is 16.1 Å². The van der Waals surface area contributed by atoms with Crippen molar-refractivity contribution in [2.24, 2.45) is 0 Å². The van der Waals surface area contributed by atoms with Gasteiger partial charge in [0.25, 0.3) is 5.91 Å². The molecule has 0 saturated carbocycles. The molecule has 0 aliphatic carbocycles. The summed E-state index contributed by atoms with van der Waals surface area (Å²) >= 11 is 13.3. The Labute approximate surface area is 146 Å². The first kappa shape index (κ1) is 16.0. The van der Waals surface area contributed by atoms with Crippen LogP contribution in [0.2, 0.25) is 10.0 Å². The Balaban J connectivity index is 1.89. The van der Waals surface area contributed by atoms with E-state index in [9.17, 15) is 4.79 Å². The molecular weight excluding hydrogens is 357 g/mol. The van der Waals surface area contributed by atoms with Crippen molar-refractivity contribution in [1.82, 2.24) is 10.2 Å². The quantitative estimate of drug-likeness (QED) is 0.708. The summed E-state index contributed by atoms with van der Waals surface area (Å²) in [6.45, 7) is 3.54. The van der Waals surface area contributed by atoms with Gasteiger partial charge in [0.1, 0.15) is 16.5 Å². The Bertz CT molecular complexity index is 868. The lowest BCUT2D eigenvalue weighted by Crippen LogP contribution is -2.11. The van der Waals surface area contributed by atoms with Gasteiger partial charge in [0.05, 0.1) is 5.56 Å². The maximum atomic E-state index is 12.3. The standard InChI is InChI=1S/C15H11Cl2N3O2S/c1-7-12(14(21)18-15-20-19-8(2)23-15)6-13(22-7)9-3-10(16)5-11(17)4-9/h3-6H,1-2H3,(H,18,20,21). The summed E-state index contributed by atoms with van der Waals surface area (Å²) in [5.74, 6) is 0.710. The van der Waals surface area contributed by atoms with Crippen LogP contribution in [0.3, 0.4) is 0 Å². The van der Waals surface area contributed by atoms with Crippen molar-refractivity contribution < 1.29 is 9.21 Å². The maximum Gasteiger partial charge on any atom is 0.261 e. The second-order valence-electron chi connectivity index (χ2n) is 4.82. The molecule has 2 heterocycles. The molecule has 1 N–H and O–H groups in total. The summed E-state index contributed by atoms with van der Waals surface area (Å²) in [6.07, 6.45) is 0. The van der Waals surface area contributed by atoms with E-state index < -0.39 is 0 Å². The fourth-order valence-electron chi connectivity index (χ4n) is 2.06. The number of amides is 1. The van der Waals surface area contributed by atoms with E-state index in [-0.39, 0.29) is 5.91 Å². The summed E-state index contributed by atoms with van der Waals surface area (Å²) in [4.78, 5) is 12.3. The highest BCUT2D eigenvalue weighted by molar-refractivity contribution is 7.15. The van der Waals surface area contributed by atoms with E-state index in [1.54, 1.807) is 31.2 Å². The largest absolute Gasteiger partial charge is 0.461 e. The molecule has 5 nitrogen and oxygen atoms in total. The van der Waals surface area contributed by atoms with Crippen LogP contribution in [0.4, 0.5) is 5.13 Å². The van der Waals surface area contributed by atoms with Gasteiger partial charge < -0.3 is 4.42 Å². The van der Waals surface area contributed by atoms with E-state index >= 15 is 0 Å². The first-order valence-corrected chi connectivity index (χ1v) is 8.18. The molecule has 0 atom stereocenters. The van der Waals surface area contributed by atoms with Crippen molar-refractivity contribution in [1.29, 1.82) is 0 Å². The van der Waals surface area contributed by atoms with Crippen molar-refractivity contribution in [3.8, 4) is 11.3 Å². The molecule has 8 heteroatoms. The van der Waals surface area contributed by atoms with Gasteiger partial charge in [-0.05, 0) is 38.1 Å². The van der Waals surface area contributed by atoms with Crippen LogP contribution in [0.5, 0.6) is 0 Å². The highest BCUT2D eigenvalue weighted by atomic mass is 35.5. The van der Waals surface area contributed by atoms with Crippen LogP contribution in [0.25, 0.3) is 11.3 Å². The first-order valence-electron chi connectivity index (χ1n) is 6.61. The SMILES string of the molecule is Cc1nnc(NC(=O)c2cc(-c3cc(Cl)cc(Cl)c3)oc2C)s1. The molecule has 1 aromatic carbocycles. The van der Waals surface area contributed by atoms with E-state index in [4.69, 9.17) is 27.6 Å². The summed E-state index contributed by atoms with van der Waals surface area (Å²) in [5, 5.41) is 12.6. The predicted octanol–water partition coefficient (Wildman–Crippen LogP) is 4.97. The van der Waals surface area contributed by atoms with E-state index in [1.807, 2.05) is 6.92 Å². The topological polar surface area (TPSA) is 68.0 Å². The van der Waals surface area contributed by atoms with E-state index in [0.717, 1.165) is 5.01 Å². The normalized spacial score (nSPS) is 10.8. The lowest BCUT2D eigenvalue weighted by atomic mass is 10.1. The van der Waals surface area contributed by atoms with Gasteiger partial charge in [-0.2, -0.15) is 0 Å². The van der Waals surface area contributed by atoms with Crippen molar-refractivity contribution in [3.63, 3.8) is 0 Å². The highest BCUT2D eigenvalue weighted by Gasteiger charge is 2.18. The number of aryl methyl sites for hydroxylation is 2. The monoisotopic (exact) mass is 367 g/mol. The van der Waals surface area contributed by atoms with Gasteiger partial charge in [0.15, 0.2) is 0 Å². The number of rotatable bonds is 3. The fourth-order valence-corrected chi connectivity index (χ4v) is 3.17. The molecule has 2 aromatic heterocycles. The van der Waals surface area contributed by atoms with Gasteiger partial charge in [0, 0.05) is 15.6 Å². The van der Waals surface area contributed by atoms with Crippen molar-refractivity contribution in [2.75, 3.05) is 5.32 Å². The molecule has 0 bridgehead atoms. The minimum Gasteiger partial charge on any atom is -0.461 e. The molecule has 0 unspecified atom stereocenters. The average molecular weight is 368 g/mol. The number of aromatic nitrogens is 2. The van der Waals surface area contributed by atoms with Gasteiger partial charge in [-0.1, -0.05) is 34.5 Å². The average Bonchev–Trinajstić information content (AvgIpc) is 3.04. The molecular formula is C15H11Cl2N3O2S. The number of halogens is 2. The number of carbonyl (C=O) groups is 1. The summed E-state index contributed by atoms with van der Waals surface area (Å²) in [7, 11) is 0. The number of nitrogens with one attached hydrogen (secondary N) is 1. The number of furan rings is 1. The zero-order chi connectivity index (χ0) is 16.6. The molecule has 118 valence electrons. The fraction of sp³-hybridized carbons (Fsp3) is 0.133. The molecule has 3 rings (SSSR count). The molecule has 0 saturated heterocycles. The lowest BCUT2D eigenvalue weighted by molar-refractivity contribution is 0.102. The van der Waals surface area contributed by atoms with Crippen LogP contribution in [-0.2, 0) is 0 Å². The molecule has 0 radical (unpaired) electrons. The lowest BCUT2D eigenvalue weighted by Gasteiger charge is -1.99. The van der Waals surface area contributed by atoms with Gasteiger partial charge in [-0.15, -0.1) is 10.2 Å². The predicted molar refractivity (Wildman–Crippen MR) is 91.5 cm³/mol. The van der Waals surface area contributed by atoms with E-state index in [1.165, 1.54) is 11.3 Å². The number of carbonyl (C=O) groups excluding carboxylic acids is 1. The molecule has 0 spiro atoms. The van der Waals surface area contributed by atoms with Crippen LogP contribution >= 0.6 is 34.5 Å². The molecule has 3 aromatic rings. The summed E-state index contributed by atoms with van der Waals surface area (Å²) < 4.78 is 5.66. The number of hydrogen-bond acceptors (Lipinski definition) is 5. The molecule has 0 fully saturated rings. The number of nitrogens with zero attached hydrogens (tertiary/aromatic N) is 2. The van der Waals surface area contributed by atoms with Crippen molar-refractivity contribution in [2.45, 2.75) is 13.8 Å². The Kier molecular flexibility index (Phi) is 4.39. The van der Waals surface area contributed by atoms with E-state index in [2.05, 4.69) is 15.5 Å². The van der Waals surface area contributed by atoms with Gasteiger partial charge in [-0.3, -0.25) is 10.1 Å². The second-order valence-corrected chi connectivity index (χ2v) is 6.87. The third-order valence-corrected chi connectivity index (χ3v) is 4.25. The maximum absolute atomic E-state index is 12.3. The Hall–Kier alpha value is -1.89. The Morgan fingerprint density at radius 3 is 2.43 bits per heavy atom. The minimum atomic E-state index is -0.304. The van der Waals surface area contributed by atoms with Crippen LogP contribution in [0.1, 0.15) is 21.1 Å². The number of hydrogen-bond donors (Lipinski definition) is 1. The summed E-state index contributed by atoms with van der Waals surface area (Å²) in [5.41, 5.74) is 1.13. The smallest absolute Gasteiger partial charge is 0.261 e.